The minimum absolute atomic E-state index is 0.111. The zero-order chi connectivity index (χ0) is 20.0. The number of hydrogen-bond donors (Lipinski definition) is 2. The smallest absolute Gasteiger partial charge is 0.150 e. The molecule has 154 valence electrons. The average molecular weight is 389 g/mol. The highest BCUT2D eigenvalue weighted by Crippen LogP contribution is 2.42. The van der Waals surface area contributed by atoms with Gasteiger partial charge in [0.2, 0.25) is 0 Å². The van der Waals surface area contributed by atoms with Gasteiger partial charge in [0.15, 0.2) is 0 Å². The molecule has 0 spiro atoms. The topological polar surface area (TPSA) is 81.1 Å². The lowest BCUT2D eigenvalue weighted by molar-refractivity contribution is -0.145. The highest BCUT2D eigenvalue weighted by molar-refractivity contribution is 5.85. The maximum Gasteiger partial charge on any atom is 0.150 e. The molecule has 28 heavy (non-hydrogen) atoms. The molecule has 0 aromatic heterocycles. The zero-order valence-electron chi connectivity index (χ0n) is 16.4. The van der Waals surface area contributed by atoms with Crippen LogP contribution in [0.15, 0.2) is 0 Å². The summed E-state index contributed by atoms with van der Waals surface area (Å²) in [5.41, 5.74) is 0. The number of aliphatic hydroxyl groups excluding tert-OH is 2. The molecular formula is C22H32N2O4. The number of terminal acetylenes is 1. The molecule has 8 aliphatic heterocycles. The zero-order valence-corrected chi connectivity index (χ0v) is 16.4. The fourth-order valence-corrected chi connectivity index (χ4v) is 6.68. The van der Waals surface area contributed by atoms with Crippen LogP contribution in [-0.2, 0) is 9.59 Å². The molecule has 8 fully saturated rings. The maximum atomic E-state index is 11.5. The van der Waals surface area contributed by atoms with Gasteiger partial charge >= 0.3 is 0 Å². The monoisotopic (exact) mass is 388 g/mol. The second-order valence-electron chi connectivity index (χ2n) is 9.48. The molecule has 6 nitrogen and oxygen atoms in total. The van der Waals surface area contributed by atoms with Gasteiger partial charge < -0.3 is 10.2 Å². The van der Waals surface area contributed by atoms with E-state index in [9.17, 15) is 19.8 Å². The second-order valence-corrected chi connectivity index (χ2v) is 9.48. The first kappa shape index (κ1) is 20.0. The van der Waals surface area contributed by atoms with Crippen LogP contribution in [0.3, 0.4) is 0 Å². The molecule has 6 heteroatoms. The first-order valence-corrected chi connectivity index (χ1v) is 10.7. The summed E-state index contributed by atoms with van der Waals surface area (Å²) in [7, 11) is 0. The Hall–Kier alpha value is -1.26. The summed E-state index contributed by atoms with van der Waals surface area (Å²) in [6, 6.07) is 2.02. The van der Waals surface area contributed by atoms with Crippen LogP contribution in [0.1, 0.15) is 51.4 Å². The quantitative estimate of drug-likeness (QED) is 0.592. The number of aliphatic hydroxyl groups is 2. The largest absolute Gasteiger partial charge is 0.393 e. The minimum atomic E-state index is -0.111. The SMILES string of the molecule is C#C.O=C1CN2C3CC(O)CC2CC1C3.O=C1CN2C3CC(O)CC2CC1C3. The van der Waals surface area contributed by atoms with Gasteiger partial charge in [0.25, 0.3) is 0 Å². The van der Waals surface area contributed by atoms with Crippen LogP contribution in [0.2, 0.25) is 0 Å². The molecule has 0 aliphatic carbocycles. The van der Waals surface area contributed by atoms with Crippen molar-refractivity contribution in [3.63, 3.8) is 0 Å². The number of hydrogen-bond acceptors (Lipinski definition) is 6. The van der Waals surface area contributed by atoms with Crippen molar-refractivity contribution in [3.05, 3.63) is 0 Å². The number of rotatable bonds is 0. The molecule has 0 radical (unpaired) electrons. The lowest BCUT2D eigenvalue weighted by atomic mass is 9.72. The van der Waals surface area contributed by atoms with Crippen molar-refractivity contribution in [2.45, 2.75) is 87.7 Å². The van der Waals surface area contributed by atoms with Crippen LogP contribution in [0.4, 0.5) is 0 Å². The van der Waals surface area contributed by atoms with E-state index in [1.807, 2.05) is 0 Å². The van der Waals surface area contributed by atoms with E-state index < -0.39 is 0 Å². The first-order valence-electron chi connectivity index (χ1n) is 10.7. The number of piperidine rings is 8. The summed E-state index contributed by atoms with van der Waals surface area (Å²) in [6.45, 7) is 1.32. The number of carbonyl (C=O) groups is 2. The van der Waals surface area contributed by atoms with E-state index >= 15 is 0 Å². The van der Waals surface area contributed by atoms with Crippen molar-refractivity contribution in [1.82, 2.24) is 9.80 Å². The van der Waals surface area contributed by atoms with Gasteiger partial charge in [-0.15, -0.1) is 12.8 Å². The number of Topliss-reactive ketones (excluding diaryl/α,β-unsaturated/α-hetero) is 2. The Morgan fingerprint density at radius 2 is 0.893 bits per heavy atom. The average Bonchev–Trinajstić information content (AvgIpc) is 2.64. The maximum absolute atomic E-state index is 11.5. The third-order valence-corrected chi connectivity index (χ3v) is 7.87. The van der Waals surface area contributed by atoms with E-state index in [0.29, 0.717) is 60.7 Å². The molecule has 0 aromatic carbocycles. The fourth-order valence-electron chi connectivity index (χ4n) is 6.68. The molecule has 2 N–H and O–H groups in total. The van der Waals surface area contributed by atoms with Gasteiger partial charge in [-0.1, -0.05) is 0 Å². The Labute approximate surface area is 167 Å². The van der Waals surface area contributed by atoms with Crippen LogP contribution < -0.4 is 0 Å². The van der Waals surface area contributed by atoms with Crippen molar-refractivity contribution in [2.75, 3.05) is 13.1 Å². The van der Waals surface area contributed by atoms with Gasteiger partial charge in [-0.3, -0.25) is 19.4 Å². The Morgan fingerprint density at radius 1 is 0.607 bits per heavy atom. The first-order chi connectivity index (χ1) is 13.5. The predicted octanol–water partition coefficient (Wildman–Crippen LogP) is 0.595. The summed E-state index contributed by atoms with van der Waals surface area (Å²) < 4.78 is 0. The molecule has 8 aliphatic rings. The summed E-state index contributed by atoms with van der Waals surface area (Å²) in [5, 5.41) is 19.2. The van der Waals surface area contributed by atoms with E-state index in [2.05, 4.69) is 22.6 Å². The van der Waals surface area contributed by atoms with Crippen molar-refractivity contribution >= 4 is 11.6 Å². The highest BCUT2D eigenvalue weighted by atomic mass is 16.3. The second kappa shape index (κ2) is 7.87. The van der Waals surface area contributed by atoms with Gasteiger partial charge in [0.1, 0.15) is 11.6 Å². The third kappa shape index (κ3) is 3.54. The molecule has 8 heterocycles. The molecule has 8 rings (SSSR count). The summed E-state index contributed by atoms with van der Waals surface area (Å²) in [6.07, 6.45) is 15.4. The number of fused-ring (bicyclic) bond motifs is 2. The molecule has 0 amide bonds. The van der Waals surface area contributed by atoms with Gasteiger partial charge in [0.05, 0.1) is 25.3 Å². The summed E-state index contributed by atoms with van der Waals surface area (Å²) >= 11 is 0. The van der Waals surface area contributed by atoms with E-state index in [1.54, 1.807) is 0 Å². The predicted molar refractivity (Wildman–Crippen MR) is 104 cm³/mol. The molecule has 4 atom stereocenters. The Bertz CT molecular complexity index is 566. The van der Waals surface area contributed by atoms with Gasteiger partial charge in [-0.25, -0.2) is 0 Å². The highest BCUT2D eigenvalue weighted by Gasteiger charge is 2.49. The molecule has 0 saturated carbocycles. The van der Waals surface area contributed by atoms with Crippen LogP contribution in [-0.4, -0.2) is 81.0 Å². The third-order valence-electron chi connectivity index (χ3n) is 7.87. The molecule has 0 aromatic rings. The van der Waals surface area contributed by atoms with Crippen LogP contribution in [0.5, 0.6) is 0 Å². The van der Waals surface area contributed by atoms with Gasteiger partial charge in [-0.05, 0) is 51.4 Å². The number of carbonyl (C=O) groups excluding carboxylic acids is 2. The van der Waals surface area contributed by atoms with Crippen LogP contribution in [0.25, 0.3) is 0 Å². The Morgan fingerprint density at radius 3 is 1.14 bits per heavy atom. The molecular weight excluding hydrogens is 356 g/mol. The lowest BCUT2D eigenvalue weighted by Crippen LogP contribution is -2.62. The van der Waals surface area contributed by atoms with Crippen molar-refractivity contribution in [1.29, 1.82) is 0 Å². The number of nitrogens with zero attached hydrogens (tertiary/aromatic N) is 2. The Balaban J connectivity index is 0.000000126. The lowest BCUT2D eigenvalue weighted by Gasteiger charge is -2.53. The van der Waals surface area contributed by atoms with Crippen molar-refractivity contribution < 1.29 is 19.8 Å². The summed E-state index contributed by atoms with van der Waals surface area (Å²) in [5.74, 6) is 1.52. The van der Waals surface area contributed by atoms with E-state index in [0.717, 1.165) is 51.4 Å². The van der Waals surface area contributed by atoms with Gasteiger partial charge in [-0.2, -0.15) is 0 Å². The van der Waals surface area contributed by atoms with Crippen LogP contribution in [0, 0.1) is 24.7 Å². The minimum Gasteiger partial charge on any atom is -0.393 e. The van der Waals surface area contributed by atoms with Gasteiger partial charge in [0, 0.05) is 36.0 Å². The normalized spacial score (nSPS) is 50.1. The fraction of sp³-hybridized carbons (Fsp3) is 0.818. The Kier molecular flexibility index (Phi) is 5.63. The molecule has 4 unspecified atom stereocenters. The van der Waals surface area contributed by atoms with Crippen molar-refractivity contribution in [3.8, 4) is 12.8 Å². The number of ketones is 2. The van der Waals surface area contributed by atoms with Crippen LogP contribution >= 0.6 is 0 Å². The summed E-state index contributed by atoms with van der Waals surface area (Å²) in [4.78, 5) is 27.6. The van der Waals surface area contributed by atoms with Crippen molar-refractivity contribution in [2.24, 2.45) is 11.8 Å². The van der Waals surface area contributed by atoms with E-state index in [4.69, 9.17) is 0 Å². The standard InChI is InChI=1S/2C10H15NO2.C2H2/c2*12-9-3-7-1-6-2-8(4-9)11(7)5-10(6)13;1-2/h2*6-9,12H,1-5H2;1-2H. The molecule has 8 bridgehead atoms. The van der Waals surface area contributed by atoms with E-state index in [1.165, 1.54) is 0 Å². The molecule has 8 saturated heterocycles. The van der Waals surface area contributed by atoms with E-state index in [-0.39, 0.29) is 12.2 Å².